The molecule has 0 saturated heterocycles. The normalized spacial score (nSPS) is 10.8. The fourth-order valence-electron chi connectivity index (χ4n) is 3.04. The standard InChI is InChI=1S/C20H19FO5/c1-5-26-20(22)11-8-15-17(16(9-11)24-3)19(25-4)14-10-12(23-2)6-7-13(14)18(15)21/h6-10H,5H2,1-4H3. The third-order valence-corrected chi connectivity index (χ3v) is 4.21. The predicted octanol–water partition coefficient (Wildman–Crippen LogP) is 4.33. The van der Waals surface area contributed by atoms with Crippen LogP contribution in [0.5, 0.6) is 17.2 Å². The smallest absolute Gasteiger partial charge is 0.338 e. The van der Waals surface area contributed by atoms with E-state index >= 15 is 4.39 Å². The first kappa shape index (κ1) is 17.8. The molecule has 0 atom stereocenters. The highest BCUT2D eigenvalue weighted by Crippen LogP contribution is 2.43. The van der Waals surface area contributed by atoms with E-state index in [1.165, 1.54) is 33.5 Å². The van der Waals surface area contributed by atoms with Gasteiger partial charge >= 0.3 is 5.97 Å². The van der Waals surface area contributed by atoms with Crippen molar-refractivity contribution >= 4 is 27.5 Å². The lowest BCUT2D eigenvalue weighted by molar-refractivity contribution is 0.0526. The number of benzene rings is 3. The monoisotopic (exact) mass is 358 g/mol. The highest BCUT2D eigenvalue weighted by Gasteiger charge is 2.21. The zero-order chi connectivity index (χ0) is 18.8. The maximum absolute atomic E-state index is 15.3. The number of esters is 1. The van der Waals surface area contributed by atoms with Gasteiger partial charge in [0.1, 0.15) is 23.1 Å². The van der Waals surface area contributed by atoms with Gasteiger partial charge in [0.05, 0.1) is 38.9 Å². The molecule has 3 rings (SSSR count). The van der Waals surface area contributed by atoms with Crippen molar-refractivity contribution in [3.63, 3.8) is 0 Å². The van der Waals surface area contributed by atoms with E-state index in [4.69, 9.17) is 18.9 Å². The quantitative estimate of drug-likeness (QED) is 0.502. The summed E-state index contributed by atoms with van der Waals surface area (Å²) in [6.07, 6.45) is 0. The zero-order valence-electron chi connectivity index (χ0n) is 15.0. The van der Waals surface area contributed by atoms with E-state index in [1.54, 1.807) is 25.1 Å². The van der Waals surface area contributed by atoms with Gasteiger partial charge in [-0.3, -0.25) is 0 Å². The number of fused-ring (bicyclic) bond motifs is 2. The van der Waals surface area contributed by atoms with Crippen molar-refractivity contribution in [1.29, 1.82) is 0 Å². The van der Waals surface area contributed by atoms with E-state index in [-0.39, 0.29) is 17.6 Å². The van der Waals surface area contributed by atoms with Gasteiger partial charge in [-0.25, -0.2) is 9.18 Å². The molecule has 0 aliphatic heterocycles. The van der Waals surface area contributed by atoms with Gasteiger partial charge < -0.3 is 18.9 Å². The summed E-state index contributed by atoms with van der Waals surface area (Å²) in [6, 6.07) is 7.97. The number of halogens is 1. The van der Waals surface area contributed by atoms with E-state index in [2.05, 4.69) is 0 Å². The predicted molar refractivity (Wildman–Crippen MR) is 97.0 cm³/mol. The van der Waals surface area contributed by atoms with Crippen molar-refractivity contribution in [2.24, 2.45) is 0 Å². The van der Waals surface area contributed by atoms with Gasteiger partial charge in [0.15, 0.2) is 0 Å². The number of carbonyl (C=O) groups excluding carboxylic acids is 1. The first-order chi connectivity index (χ1) is 12.5. The number of carbonyl (C=O) groups is 1. The molecular formula is C20H19FO5. The maximum atomic E-state index is 15.3. The van der Waals surface area contributed by atoms with Crippen LogP contribution in [0.1, 0.15) is 17.3 Å². The Morgan fingerprint density at radius 1 is 0.962 bits per heavy atom. The fourth-order valence-corrected chi connectivity index (χ4v) is 3.04. The molecular weight excluding hydrogens is 339 g/mol. The molecule has 3 aromatic rings. The van der Waals surface area contributed by atoms with Crippen molar-refractivity contribution in [3.8, 4) is 17.2 Å². The average molecular weight is 358 g/mol. The lowest BCUT2D eigenvalue weighted by Gasteiger charge is -2.16. The molecule has 0 bridgehead atoms. The summed E-state index contributed by atoms with van der Waals surface area (Å²) in [6.45, 7) is 1.93. The SMILES string of the molecule is CCOC(=O)c1cc(OC)c2c(OC)c3cc(OC)ccc3c(F)c2c1. The second kappa shape index (κ2) is 7.07. The Balaban J connectivity index is 2.45. The highest BCUT2D eigenvalue weighted by molar-refractivity contribution is 6.10. The van der Waals surface area contributed by atoms with Crippen LogP contribution in [0.4, 0.5) is 4.39 Å². The van der Waals surface area contributed by atoms with Gasteiger partial charge in [-0.2, -0.15) is 0 Å². The molecule has 26 heavy (non-hydrogen) atoms. The van der Waals surface area contributed by atoms with Crippen LogP contribution in [0.15, 0.2) is 30.3 Å². The molecule has 0 aliphatic rings. The zero-order valence-corrected chi connectivity index (χ0v) is 15.0. The lowest BCUT2D eigenvalue weighted by atomic mass is 9.98. The average Bonchev–Trinajstić information content (AvgIpc) is 2.67. The molecule has 0 saturated carbocycles. The summed E-state index contributed by atoms with van der Waals surface area (Å²) in [4.78, 5) is 12.1. The molecule has 0 heterocycles. The Labute approximate surface area is 150 Å². The van der Waals surface area contributed by atoms with E-state index < -0.39 is 11.8 Å². The maximum Gasteiger partial charge on any atom is 0.338 e. The molecule has 136 valence electrons. The van der Waals surface area contributed by atoms with Gasteiger partial charge in [0.25, 0.3) is 0 Å². The number of ether oxygens (including phenoxy) is 4. The molecule has 0 unspecified atom stereocenters. The van der Waals surface area contributed by atoms with E-state index in [0.29, 0.717) is 33.4 Å². The Morgan fingerprint density at radius 2 is 1.73 bits per heavy atom. The molecule has 3 aromatic carbocycles. The summed E-state index contributed by atoms with van der Waals surface area (Å²) in [5.74, 6) is 0.342. The molecule has 0 amide bonds. The van der Waals surface area contributed by atoms with Gasteiger partial charge in [0.2, 0.25) is 0 Å². The molecule has 0 fully saturated rings. The summed E-state index contributed by atoms with van der Waals surface area (Å²) >= 11 is 0. The van der Waals surface area contributed by atoms with Crippen LogP contribution in [0.25, 0.3) is 21.5 Å². The van der Waals surface area contributed by atoms with Crippen molar-refractivity contribution in [3.05, 3.63) is 41.7 Å². The molecule has 0 spiro atoms. The van der Waals surface area contributed by atoms with Crippen LogP contribution in [-0.4, -0.2) is 33.9 Å². The lowest BCUT2D eigenvalue weighted by Crippen LogP contribution is -2.06. The second-order valence-corrected chi connectivity index (χ2v) is 5.58. The molecule has 0 aromatic heterocycles. The first-order valence-electron chi connectivity index (χ1n) is 8.07. The fraction of sp³-hybridized carbons (Fsp3) is 0.250. The van der Waals surface area contributed by atoms with Gasteiger partial charge in [-0.15, -0.1) is 0 Å². The Kier molecular flexibility index (Phi) is 4.84. The van der Waals surface area contributed by atoms with Crippen LogP contribution in [0, 0.1) is 5.82 Å². The Hall–Kier alpha value is -3.02. The van der Waals surface area contributed by atoms with Crippen molar-refractivity contribution in [2.45, 2.75) is 6.92 Å². The molecule has 0 aliphatic carbocycles. The summed E-state index contributed by atoms with van der Waals surface area (Å²) in [5, 5.41) is 1.58. The molecule has 0 radical (unpaired) electrons. The topological polar surface area (TPSA) is 54.0 Å². The van der Waals surface area contributed by atoms with Crippen LogP contribution < -0.4 is 14.2 Å². The number of hydrogen-bond acceptors (Lipinski definition) is 5. The Bertz CT molecular complexity index is 997. The number of methoxy groups -OCH3 is 3. The molecule has 6 heteroatoms. The van der Waals surface area contributed by atoms with E-state index in [1.807, 2.05) is 0 Å². The van der Waals surface area contributed by atoms with E-state index in [0.717, 1.165) is 0 Å². The summed E-state index contributed by atoms with van der Waals surface area (Å²) in [7, 11) is 4.50. The molecule has 0 N–H and O–H groups in total. The third kappa shape index (κ3) is 2.77. The van der Waals surface area contributed by atoms with Crippen molar-refractivity contribution < 1.29 is 28.1 Å². The van der Waals surface area contributed by atoms with Gasteiger partial charge in [0, 0.05) is 16.2 Å². The highest BCUT2D eigenvalue weighted by atomic mass is 19.1. The Morgan fingerprint density at radius 3 is 2.35 bits per heavy atom. The van der Waals surface area contributed by atoms with Crippen molar-refractivity contribution in [2.75, 3.05) is 27.9 Å². The minimum atomic E-state index is -0.541. The minimum absolute atomic E-state index is 0.213. The van der Waals surface area contributed by atoms with Gasteiger partial charge in [-0.05, 0) is 37.3 Å². The van der Waals surface area contributed by atoms with Crippen LogP contribution >= 0.6 is 0 Å². The number of hydrogen-bond donors (Lipinski definition) is 0. The van der Waals surface area contributed by atoms with Crippen LogP contribution in [0.3, 0.4) is 0 Å². The minimum Gasteiger partial charge on any atom is -0.497 e. The number of rotatable bonds is 5. The summed E-state index contributed by atoms with van der Waals surface area (Å²) in [5.41, 5.74) is 0.213. The largest absolute Gasteiger partial charge is 0.497 e. The van der Waals surface area contributed by atoms with E-state index in [9.17, 15) is 4.79 Å². The molecule has 5 nitrogen and oxygen atoms in total. The second-order valence-electron chi connectivity index (χ2n) is 5.58. The first-order valence-corrected chi connectivity index (χ1v) is 8.07. The van der Waals surface area contributed by atoms with Crippen LogP contribution in [0.2, 0.25) is 0 Å². The summed E-state index contributed by atoms with van der Waals surface area (Å²) < 4.78 is 36.5. The van der Waals surface area contributed by atoms with Crippen LogP contribution in [-0.2, 0) is 4.74 Å². The van der Waals surface area contributed by atoms with Gasteiger partial charge in [-0.1, -0.05) is 0 Å². The third-order valence-electron chi connectivity index (χ3n) is 4.21. The van der Waals surface area contributed by atoms with Crippen molar-refractivity contribution in [1.82, 2.24) is 0 Å².